The summed E-state index contributed by atoms with van der Waals surface area (Å²) >= 11 is 9.51. The molecule has 0 fully saturated rings. The average molecular weight is 290 g/mol. The summed E-state index contributed by atoms with van der Waals surface area (Å²) in [6.07, 6.45) is 0. The van der Waals surface area contributed by atoms with Gasteiger partial charge in [0.15, 0.2) is 0 Å². The van der Waals surface area contributed by atoms with E-state index in [2.05, 4.69) is 20.9 Å². The Balaban J connectivity index is 2.96. The first kappa shape index (κ1) is 10.8. The van der Waals surface area contributed by atoms with Crippen molar-refractivity contribution in [3.63, 3.8) is 0 Å². The van der Waals surface area contributed by atoms with Crippen LogP contribution >= 0.6 is 27.5 Å². The average Bonchev–Trinajstić information content (AvgIpc) is 2.49. The molecule has 0 bridgehead atoms. The molecule has 0 spiro atoms. The van der Waals surface area contributed by atoms with Gasteiger partial charge < -0.3 is 4.98 Å². The van der Waals surface area contributed by atoms with Crippen LogP contribution in [-0.4, -0.2) is 9.55 Å². The molecule has 0 aliphatic heterocycles. The summed E-state index contributed by atoms with van der Waals surface area (Å²) in [7, 11) is 0. The van der Waals surface area contributed by atoms with E-state index in [4.69, 9.17) is 11.6 Å². The van der Waals surface area contributed by atoms with Crippen LogP contribution in [0, 0.1) is 0 Å². The van der Waals surface area contributed by atoms with Gasteiger partial charge in [0.2, 0.25) is 0 Å². The molecule has 2 aromatic rings. The Labute approximate surface area is 100 Å². The van der Waals surface area contributed by atoms with E-state index in [9.17, 15) is 4.79 Å². The molecule has 3 nitrogen and oxygen atoms in total. The molecule has 0 amide bonds. The Bertz CT molecular complexity index is 571. The van der Waals surface area contributed by atoms with Crippen LogP contribution in [-0.2, 0) is 0 Å². The molecule has 2 rings (SSSR count). The molecule has 0 atom stereocenters. The first-order valence-corrected chi connectivity index (χ1v) is 5.77. The molecule has 0 unspecified atom stereocenters. The molecule has 0 saturated carbocycles. The third-order valence-corrected chi connectivity index (χ3v) is 3.56. The number of imidazole rings is 1. The van der Waals surface area contributed by atoms with Gasteiger partial charge >= 0.3 is 5.69 Å². The molecule has 0 aliphatic rings. The van der Waals surface area contributed by atoms with E-state index in [-0.39, 0.29) is 11.7 Å². The fraction of sp³-hybridized carbons (Fsp3) is 0.300. The third kappa shape index (κ3) is 1.62. The van der Waals surface area contributed by atoms with Crippen molar-refractivity contribution in [2.75, 3.05) is 0 Å². The molecule has 80 valence electrons. The highest BCUT2D eigenvalue weighted by molar-refractivity contribution is 9.10. The van der Waals surface area contributed by atoms with Crippen molar-refractivity contribution >= 4 is 38.6 Å². The third-order valence-electron chi connectivity index (χ3n) is 2.29. The number of nitrogens with one attached hydrogen (secondary N) is 1. The quantitative estimate of drug-likeness (QED) is 0.859. The SMILES string of the molecule is CC(C)n1c(=O)[nH]c2ccc(Br)c(Cl)c21. The van der Waals surface area contributed by atoms with E-state index in [1.807, 2.05) is 26.0 Å². The zero-order valence-corrected chi connectivity index (χ0v) is 10.7. The predicted molar refractivity (Wildman–Crippen MR) is 65.7 cm³/mol. The van der Waals surface area contributed by atoms with Crippen LogP contribution in [0.2, 0.25) is 5.02 Å². The van der Waals surface area contributed by atoms with E-state index in [1.165, 1.54) is 0 Å². The highest BCUT2D eigenvalue weighted by Gasteiger charge is 2.14. The van der Waals surface area contributed by atoms with Crippen LogP contribution in [0.25, 0.3) is 11.0 Å². The number of aromatic amines is 1. The van der Waals surface area contributed by atoms with E-state index in [1.54, 1.807) is 4.57 Å². The van der Waals surface area contributed by atoms with E-state index < -0.39 is 0 Å². The second-order valence-electron chi connectivity index (χ2n) is 3.65. The second-order valence-corrected chi connectivity index (χ2v) is 4.88. The van der Waals surface area contributed by atoms with Crippen molar-refractivity contribution in [2.24, 2.45) is 0 Å². The fourth-order valence-electron chi connectivity index (χ4n) is 1.65. The zero-order chi connectivity index (χ0) is 11.2. The number of hydrogen-bond donors (Lipinski definition) is 1. The standard InChI is InChI=1S/C10H10BrClN2O/c1-5(2)14-9-7(13-10(14)15)4-3-6(11)8(9)12/h3-5H,1-2H3,(H,13,15). The molecule has 15 heavy (non-hydrogen) atoms. The maximum absolute atomic E-state index is 11.7. The Kier molecular flexibility index (Phi) is 2.64. The first-order chi connectivity index (χ1) is 7.02. The largest absolute Gasteiger partial charge is 0.326 e. The number of aromatic nitrogens is 2. The summed E-state index contributed by atoms with van der Waals surface area (Å²) in [5.74, 6) is 0. The van der Waals surface area contributed by atoms with Gasteiger partial charge in [0.1, 0.15) is 0 Å². The predicted octanol–water partition coefficient (Wildman–Crippen LogP) is 3.33. The number of H-pyrrole nitrogens is 1. The van der Waals surface area contributed by atoms with Crippen molar-refractivity contribution < 1.29 is 0 Å². The number of nitrogens with zero attached hydrogens (tertiary/aromatic N) is 1. The zero-order valence-electron chi connectivity index (χ0n) is 8.34. The topological polar surface area (TPSA) is 37.8 Å². The summed E-state index contributed by atoms with van der Waals surface area (Å²) in [6.45, 7) is 3.90. The smallest absolute Gasteiger partial charge is 0.305 e. The Morgan fingerprint density at radius 3 is 2.73 bits per heavy atom. The maximum atomic E-state index is 11.7. The van der Waals surface area contributed by atoms with Gasteiger partial charge in [-0.3, -0.25) is 4.57 Å². The fourth-order valence-corrected chi connectivity index (χ4v) is 2.22. The van der Waals surface area contributed by atoms with Crippen molar-refractivity contribution in [3.05, 3.63) is 32.1 Å². The molecule has 0 saturated heterocycles. The van der Waals surface area contributed by atoms with Crippen LogP contribution in [0.15, 0.2) is 21.4 Å². The molecule has 1 N–H and O–H groups in total. The Morgan fingerprint density at radius 2 is 2.13 bits per heavy atom. The lowest BCUT2D eigenvalue weighted by molar-refractivity contribution is 0.598. The van der Waals surface area contributed by atoms with Gasteiger partial charge in [0, 0.05) is 10.5 Å². The summed E-state index contributed by atoms with van der Waals surface area (Å²) in [5, 5.41) is 0.569. The molecule has 1 aromatic heterocycles. The lowest BCUT2D eigenvalue weighted by atomic mass is 10.3. The summed E-state index contributed by atoms with van der Waals surface area (Å²) in [6, 6.07) is 3.75. The number of hydrogen-bond acceptors (Lipinski definition) is 1. The normalized spacial score (nSPS) is 11.5. The molecule has 0 radical (unpaired) electrons. The van der Waals surface area contributed by atoms with Gasteiger partial charge in [-0.15, -0.1) is 0 Å². The maximum Gasteiger partial charge on any atom is 0.326 e. The number of fused-ring (bicyclic) bond motifs is 1. The van der Waals surface area contributed by atoms with Crippen LogP contribution in [0.5, 0.6) is 0 Å². The van der Waals surface area contributed by atoms with Gasteiger partial charge in [-0.1, -0.05) is 11.6 Å². The van der Waals surface area contributed by atoms with Crippen molar-refractivity contribution in [1.82, 2.24) is 9.55 Å². The van der Waals surface area contributed by atoms with Crippen LogP contribution in [0.1, 0.15) is 19.9 Å². The van der Waals surface area contributed by atoms with Crippen molar-refractivity contribution in [3.8, 4) is 0 Å². The number of benzene rings is 1. The first-order valence-electron chi connectivity index (χ1n) is 4.60. The van der Waals surface area contributed by atoms with Gasteiger partial charge in [-0.2, -0.15) is 0 Å². The molecular formula is C10H10BrClN2O. The van der Waals surface area contributed by atoms with Crippen molar-refractivity contribution in [1.29, 1.82) is 0 Å². The lowest BCUT2D eigenvalue weighted by Crippen LogP contribution is -2.18. The van der Waals surface area contributed by atoms with Gasteiger partial charge in [0.05, 0.1) is 16.1 Å². The summed E-state index contributed by atoms with van der Waals surface area (Å²) in [5.41, 5.74) is 1.40. The van der Waals surface area contributed by atoms with E-state index in [0.29, 0.717) is 5.02 Å². The monoisotopic (exact) mass is 288 g/mol. The summed E-state index contributed by atoms with van der Waals surface area (Å²) < 4.78 is 2.45. The van der Waals surface area contributed by atoms with Crippen LogP contribution < -0.4 is 5.69 Å². The second kappa shape index (κ2) is 3.68. The molecule has 0 aliphatic carbocycles. The highest BCUT2D eigenvalue weighted by atomic mass is 79.9. The minimum absolute atomic E-state index is 0.0815. The molecule has 5 heteroatoms. The Hall–Kier alpha value is -0.740. The Morgan fingerprint density at radius 1 is 1.47 bits per heavy atom. The van der Waals surface area contributed by atoms with Crippen LogP contribution in [0.4, 0.5) is 0 Å². The highest BCUT2D eigenvalue weighted by Crippen LogP contribution is 2.30. The van der Waals surface area contributed by atoms with E-state index in [0.717, 1.165) is 15.5 Å². The molecule has 1 heterocycles. The number of rotatable bonds is 1. The van der Waals surface area contributed by atoms with E-state index >= 15 is 0 Å². The minimum Gasteiger partial charge on any atom is -0.305 e. The van der Waals surface area contributed by atoms with Gasteiger partial charge in [-0.25, -0.2) is 4.79 Å². The summed E-state index contributed by atoms with van der Waals surface area (Å²) in [4.78, 5) is 14.5. The minimum atomic E-state index is -0.125. The lowest BCUT2D eigenvalue weighted by Gasteiger charge is -2.08. The molecule has 1 aromatic carbocycles. The number of halogens is 2. The van der Waals surface area contributed by atoms with Crippen LogP contribution in [0.3, 0.4) is 0 Å². The van der Waals surface area contributed by atoms with Gasteiger partial charge in [-0.05, 0) is 41.9 Å². The molecular weight excluding hydrogens is 279 g/mol. The van der Waals surface area contributed by atoms with Gasteiger partial charge in [0.25, 0.3) is 0 Å². The van der Waals surface area contributed by atoms with Crippen molar-refractivity contribution in [2.45, 2.75) is 19.9 Å².